The third-order valence-corrected chi connectivity index (χ3v) is 3.33. The molecule has 1 aliphatic heterocycles. The van der Waals surface area contributed by atoms with E-state index < -0.39 is 0 Å². The minimum atomic E-state index is -0.144. The van der Waals surface area contributed by atoms with E-state index in [0.717, 1.165) is 17.1 Å². The number of fused-ring (bicyclic) bond motifs is 1. The Labute approximate surface area is 126 Å². The molecule has 110 valence electrons. The standard InChI is InChI=1S/C15H13N5O2/c1-2-4-14-13(3-1)21-10-12(22-14)9-20-18-15(17-19-20)11-5-7-16-8-6-11/h1-8,12H,9-10H2. The van der Waals surface area contributed by atoms with E-state index in [4.69, 9.17) is 9.47 Å². The molecule has 1 aromatic carbocycles. The Morgan fingerprint density at radius 2 is 1.91 bits per heavy atom. The molecule has 1 aliphatic rings. The van der Waals surface area contributed by atoms with Gasteiger partial charge in [0.1, 0.15) is 13.2 Å². The average Bonchev–Trinajstić information content (AvgIpc) is 3.04. The van der Waals surface area contributed by atoms with Gasteiger partial charge in [0.25, 0.3) is 0 Å². The van der Waals surface area contributed by atoms with Gasteiger partial charge in [-0.15, -0.1) is 10.2 Å². The maximum Gasteiger partial charge on any atom is 0.205 e. The minimum absolute atomic E-state index is 0.144. The predicted octanol–water partition coefficient (Wildman–Crippen LogP) is 1.58. The first-order chi connectivity index (χ1) is 10.9. The summed E-state index contributed by atoms with van der Waals surface area (Å²) < 4.78 is 11.6. The zero-order chi connectivity index (χ0) is 14.8. The number of benzene rings is 1. The largest absolute Gasteiger partial charge is 0.486 e. The van der Waals surface area contributed by atoms with E-state index in [2.05, 4.69) is 20.4 Å². The minimum Gasteiger partial charge on any atom is -0.486 e. The van der Waals surface area contributed by atoms with Gasteiger partial charge in [-0.25, -0.2) is 0 Å². The van der Waals surface area contributed by atoms with E-state index in [1.54, 1.807) is 12.4 Å². The highest BCUT2D eigenvalue weighted by Crippen LogP contribution is 2.31. The highest BCUT2D eigenvalue weighted by Gasteiger charge is 2.22. The average molecular weight is 295 g/mol. The van der Waals surface area contributed by atoms with Crippen LogP contribution in [0.15, 0.2) is 48.8 Å². The number of aromatic nitrogens is 5. The summed E-state index contributed by atoms with van der Waals surface area (Å²) in [6.45, 7) is 0.940. The van der Waals surface area contributed by atoms with Crippen molar-refractivity contribution in [1.29, 1.82) is 0 Å². The van der Waals surface area contributed by atoms with Crippen molar-refractivity contribution in [3.63, 3.8) is 0 Å². The van der Waals surface area contributed by atoms with E-state index in [0.29, 0.717) is 19.0 Å². The van der Waals surface area contributed by atoms with Crippen LogP contribution in [0.1, 0.15) is 0 Å². The normalized spacial score (nSPS) is 16.5. The van der Waals surface area contributed by atoms with Crippen LogP contribution in [0.2, 0.25) is 0 Å². The lowest BCUT2D eigenvalue weighted by Gasteiger charge is -2.25. The molecule has 7 nitrogen and oxygen atoms in total. The van der Waals surface area contributed by atoms with Crippen molar-refractivity contribution in [2.75, 3.05) is 6.61 Å². The van der Waals surface area contributed by atoms with Gasteiger partial charge in [0, 0.05) is 18.0 Å². The van der Waals surface area contributed by atoms with E-state index in [1.165, 1.54) is 4.80 Å². The Balaban J connectivity index is 1.48. The summed E-state index contributed by atoms with van der Waals surface area (Å²) in [6.07, 6.45) is 3.25. The predicted molar refractivity (Wildman–Crippen MR) is 77.4 cm³/mol. The number of nitrogens with zero attached hydrogens (tertiary/aromatic N) is 5. The Kier molecular flexibility index (Phi) is 3.15. The molecule has 1 unspecified atom stereocenters. The zero-order valence-corrected chi connectivity index (χ0v) is 11.7. The highest BCUT2D eigenvalue weighted by atomic mass is 16.6. The lowest BCUT2D eigenvalue weighted by molar-refractivity contribution is 0.0722. The smallest absolute Gasteiger partial charge is 0.205 e. The molecule has 3 aromatic rings. The second-order valence-corrected chi connectivity index (χ2v) is 4.90. The lowest BCUT2D eigenvalue weighted by atomic mass is 10.2. The third-order valence-electron chi connectivity index (χ3n) is 3.33. The van der Waals surface area contributed by atoms with Crippen LogP contribution in [0.5, 0.6) is 11.5 Å². The third kappa shape index (κ3) is 2.48. The van der Waals surface area contributed by atoms with Crippen LogP contribution in [-0.4, -0.2) is 37.9 Å². The summed E-state index contributed by atoms with van der Waals surface area (Å²) in [5.41, 5.74) is 0.882. The lowest BCUT2D eigenvalue weighted by Crippen LogP contribution is -2.33. The van der Waals surface area contributed by atoms with Gasteiger partial charge in [-0.2, -0.15) is 4.80 Å². The molecule has 0 fully saturated rings. The number of hydrogen-bond acceptors (Lipinski definition) is 6. The molecule has 0 aliphatic carbocycles. The first-order valence-electron chi connectivity index (χ1n) is 6.95. The SMILES string of the molecule is c1ccc2c(c1)OCC(Cn1nnc(-c3ccncc3)n1)O2. The van der Waals surface area contributed by atoms with Crippen molar-refractivity contribution in [2.45, 2.75) is 12.6 Å². The fraction of sp³-hybridized carbons (Fsp3) is 0.200. The van der Waals surface area contributed by atoms with E-state index in [1.807, 2.05) is 36.4 Å². The molecule has 1 atom stereocenters. The Bertz CT molecular complexity index is 774. The molecule has 0 N–H and O–H groups in total. The summed E-state index contributed by atoms with van der Waals surface area (Å²) in [4.78, 5) is 5.50. The molecule has 0 bridgehead atoms. The van der Waals surface area contributed by atoms with Gasteiger partial charge in [0.2, 0.25) is 5.82 Å². The number of ether oxygens (including phenoxy) is 2. The van der Waals surface area contributed by atoms with Crippen molar-refractivity contribution in [3.05, 3.63) is 48.8 Å². The van der Waals surface area contributed by atoms with Crippen LogP contribution in [0.4, 0.5) is 0 Å². The number of tetrazole rings is 1. The fourth-order valence-electron chi connectivity index (χ4n) is 2.27. The van der Waals surface area contributed by atoms with E-state index in [9.17, 15) is 0 Å². The zero-order valence-electron chi connectivity index (χ0n) is 11.7. The highest BCUT2D eigenvalue weighted by molar-refractivity contribution is 5.52. The van der Waals surface area contributed by atoms with Gasteiger partial charge in [-0.1, -0.05) is 12.1 Å². The Morgan fingerprint density at radius 3 is 2.77 bits per heavy atom. The molecule has 0 amide bonds. The van der Waals surface area contributed by atoms with Crippen LogP contribution >= 0.6 is 0 Å². The molecule has 3 heterocycles. The fourth-order valence-corrected chi connectivity index (χ4v) is 2.27. The summed E-state index contributed by atoms with van der Waals surface area (Å²) in [5, 5.41) is 12.5. The molecule has 0 saturated carbocycles. The second-order valence-electron chi connectivity index (χ2n) is 4.90. The number of hydrogen-bond donors (Lipinski definition) is 0. The van der Waals surface area contributed by atoms with E-state index >= 15 is 0 Å². The van der Waals surface area contributed by atoms with Gasteiger partial charge >= 0.3 is 0 Å². The summed E-state index contributed by atoms with van der Waals surface area (Å²) in [6, 6.07) is 11.3. The topological polar surface area (TPSA) is 75.0 Å². The van der Waals surface area contributed by atoms with Crippen molar-refractivity contribution in [2.24, 2.45) is 0 Å². The maximum atomic E-state index is 5.89. The Morgan fingerprint density at radius 1 is 1.09 bits per heavy atom. The molecule has 0 spiro atoms. The maximum absolute atomic E-state index is 5.89. The van der Waals surface area contributed by atoms with Gasteiger partial charge in [-0.05, 0) is 29.5 Å². The van der Waals surface area contributed by atoms with Gasteiger partial charge in [-0.3, -0.25) is 4.98 Å². The molecule has 4 rings (SSSR count). The number of para-hydroxylation sites is 2. The van der Waals surface area contributed by atoms with E-state index in [-0.39, 0.29) is 6.10 Å². The summed E-state index contributed by atoms with van der Waals surface area (Å²) >= 11 is 0. The number of rotatable bonds is 3. The number of pyridine rings is 1. The molecule has 7 heteroatoms. The second kappa shape index (κ2) is 5.44. The van der Waals surface area contributed by atoms with Gasteiger partial charge < -0.3 is 9.47 Å². The van der Waals surface area contributed by atoms with Crippen LogP contribution in [0, 0.1) is 0 Å². The Hall–Kier alpha value is -2.96. The van der Waals surface area contributed by atoms with Crippen LogP contribution in [0.25, 0.3) is 11.4 Å². The van der Waals surface area contributed by atoms with Crippen molar-refractivity contribution >= 4 is 0 Å². The van der Waals surface area contributed by atoms with Gasteiger partial charge in [0.15, 0.2) is 17.6 Å². The molecule has 0 radical (unpaired) electrons. The first-order valence-corrected chi connectivity index (χ1v) is 6.95. The van der Waals surface area contributed by atoms with Crippen molar-refractivity contribution < 1.29 is 9.47 Å². The van der Waals surface area contributed by atoms with Crippen LogP contribution < -0.4 is 9.47 Å². The first kappa shape index (κ1) is 12.8. The quantitative estimate of drug-likeness (QED) is 0.730. The monoisotopic (exact) mass is 295 g/mol. The summed E-state index contributed by atoms with van der Waals surface area (Å²) in [5.74, 6) is 2.08. The molecule has 0 saturated heterocycles. The molecule has 2 aromatic heterocycles. The van der Waals surface area contributed by atoms with Crippen molar-refractivity contribution in [1.82, 2.24) is 25.2 Å². The van der Waals surface area contributed by atoms with Gasteiger partial charge in [0.05, 0.1) is 0 Å². The van der Waals surface area contributed by atoms with Crippen molar-refractivity contribution in [3.8, 4) is 22.9 Å². The molecular weight excluding hydrogens is 282 g/mol. The van der Waals surface area contributed by atoms with Crippen LogP contribution in [0.3, 0.4) is 0 Å². The molecule has 22 heavy (non-hydrogen) atoms. The molecular formula is C15H13N5O2. The summed E-state index contributed by atoms with van der Waals surface area (Å²) in [7, 11) is 0. The van der Waals surface area contributed by atoms with Crippen LogP contribution in [-0.2, 0) is 6.54 Å².